The minimum absolute atomic E-state index is 0.0708. The van der Waals surface area contributed by atoms with E-state index in [0.717, 1.165) is 23.2 Å². The van der Waals surface area contributed by atoms with E-state index < -0.39 is 0 Å². The molecule has 17 heavy (non-hydrogen) atoms. The molecule has 1 aromatic carbocycles. The molecule has 0 saturated carbocycles. The summed E-state index contributed by atoms with van der Waals surface area (Å²) in [5, 5.41) is 11.5. The first-order valence-electron chi connectivity index (χ1n) is 5.22. The van der Waals surface area contributed by atoms with Gasteiger partial charge in [-0.3, -0.25) is 0 Å². The van der Waals surface area contributed by atoms with Gasteiger partial charge in [0.1, 0.15) is 11.9 Å². The zero-order chi connectivity index (χ0) is 12.3. The molecule has 0 bridgehead atoms. The molecule has 3 N–H and O–H groups in total. The zero-order valence-electron chi connectivity index (χ0n) is 9.10. The Morgan fingerprint density at radius 1 is 1.59 bits per heavy atom. The summed E-state index contributed by atoms with van der Waals surface area (Å²) in [5.74, 6) is 0.802. The summed E-state index contributed by atoms with van der Waals surface area (Å²) in [4.78, 5) is 0. The van der Waals surface area contributed by atoms with Crippen molar-refractivity contribution in [1.82, 2.24) is 0 Å². The van der Waals surface area contributed by atoms with Crippen LogP contribution in [0.5, 0.6) is 5.75 Å². The quantitative estimate of drug-likeness (QED) is 0.386. The monoisotopic (exact) mass is 300 g/mol. The highest BCUT2D eigenvalue weighted by Crippen LogP contribution is 2.28. The topological polar surface area (TPSA) is 77.1 Å². The molecular weight excluding hydrogens is 288 g/mol. The zero-order valence-corrected chi connectivity index (χ0v) is 10.7. The Hall–Kier alpha value is -1.27. The predicted octanol–water partition coefficient (Wildman–Crippen LogP) is 1.71. The van der Waals surface area contributed by atoms with Crippen molar-refractivity contribution >= 4 is 21.8 Å². The first kappa shape index (κ1) is 12.2. The Bertz CT molecular complexity index is 431. The highest BCUT2D eigenvalue weighted by atomic mass is 79.9. The number of oxime groups is 1. The molecule has 1 aliphatic heterocycles. The lowest BCUT2D eigenvalue weighted by atomic mass is 10.2. The molecule has 2 rings (SSSR count). The molecule has 0 amide bonds. The van der Waals surface area contributed by atoms with E-state index in [-0.39, 0.29) is 11.9 Å². The molecule has 0 spiro atoms. The summed E-state index contributed by atoms with van der Waals surface area (Å²) in [6, 6.07) is 5.28. The van der Waals surface area contributed by atoms with E-state index in [4.69, 9.17) is 20.4 Å². The number of rotatable bonds is 3. The summed E-state index contributed by atoms with van der Waals surface area (Å²) in [5.41, 5.74) is 6.13. The normalized spacial score (nSPS) is 20.5. The second-order valence-electron chi connectivity index (χ2n) is 3.73. The van der Waals surface area contributed by atoms with Crippen molar-refractivity contribution in [1.29, 1.82) is 0 Å². The van der Waals surface area contributed by atoms with Gasteiger partial charge in [-0.25, -0.2) is 0 Å². The number of amidine groups is 1. The van der Waals surface area contributed by atoms with Gasteiger partial charge in [-0.2, -0.15) is 0 Å². The van der Waals surface area contributed by atoms with Crippen LogP contribution in [0.25, 0.3) is 0 Å². The number of nitrogens with two attached hydrogens (primary N) is 1. The number of ether oxygens (including phenoxy) is 2. The lowest BCUT2D eigenvalue weighted by Crippen LogP contribution is -2.17. The van der Waals surface area contributed by atoms with Crippen molar-refractivity contribution in [3.63, 3.8) is 0 Å². The number of hydrogen-bond donors (Lipinski definition) is 2. The summed E-state index contributed by atoms with van der Waals surface area (Å²) in [6.07, 6.45) is 0.995. The van der Waals surface area contributed by atoms with Crippen molar-refractivity contribution in [3.8, 4) is 5.75 Å². The second-order valence-corrected chi connectivity index (χ2v) is 4.59. The summed E-state index contributed by atoms with van der Waals surface area (Å²) < 4.78 is 11.8. The molecule has 1 saturated heterocycles. The fraction of sp³-hybridized carbons (Fsp3) is 0.364. The van der Waals surface area contributed by atoms with Crippen molar-refractivity contribution in [2.24, 2.45) is 10.9 Å². The number of hydrogen-bond acceptors (Lipinski definition) is 4. The Morgan fingerprint density at radius 2 is 2.41 bits per heavy atom. The lowest BCUT2D eigenvalue weighted by molar-refractivity contribution is 0.141. The third kappa shape index (κ3) is 2.89. The van der Waals surface area contributed by atoms with Crippen LogP contribution in [0.3, 0.4) is 0 Å². The van der Waals surface area contributed by atoms with Crippen LogP contribution in [0.1, 0.15) is 12.0 Å². The first-order chi connectivity index (χ1) is 8.20. The standard InChI is InChI=1S/C11H13BrN2O3/c12-9-5-7(11(13)14-15)1-2-10(9)17-8-3-4-16-6-8/h1-2,5,8,15H,3-4,6H2,(H2,13,14). The highest BCUT2D eigenvalue weighted by Gasteiger charge is 2.18. The maximum absolute atomic E-state index is 8.58. The van der Waals surface area contributed by atoms with E-state index in [1.165, 1.54) is 0 Å². The van der Waals surface area contributed by atoms with Crippen molar-refractivity contribution in [2.45, 2.75) is 12.5 Å². The van der Waals surface area contributed by atoms with Gasteiger partial charge >= 0.3 is 0 Å². The minimum Gasteiger partial charge on any atom is -0.487 e. The van der Waals surface area contributed by atoms with Crippen LogP contribution >= 0.6 is 15.9 Å². The van der Waals surface area contributed by atoms with E-state index in [2.05, 4.69) is 21.1 Å². The molecule has 1 aromatic rings. The molecule has 1 aliphatic rings. The van der Waals surface area contributed by atoms with Crippen LogP contribution in [0, 0.1) is 0 Å². The van der Waals surface area contributed by atoms with Gasteiger partial charge in [0.25, 0.3) is 0 Å². The second kappa shape index (κ2) is 5.37. The molecule has 1 fully saturated rings. The third-order valence-corrected chi connectivity index (χ3v) is 3.14. The van der Waals surface area contributed by atoms with Crippen molar-refractivity contribution in [3.05, 3.63) is 28.2 Å². The van der Waals surface area contributed by atoms with E-state index in [9.17, 15) is 0 Å². The fourth-order valence-electron chi connectivity index (χ4n) is 1.60. The summed E-state index contributed by atoms with van der Waals surface area (Å²) in [6.45, 7) is 1.36. The van der Waals surface area contributed by atoms with Gasteiger partial charge in [-0.15, -0.1) is 0 Å². The van der Waals surface area contributed by atoms with Gasteiger partial charge in [0.15, 0.2) is 5.84 Å². The van der Waals surface area contributed by atoms with Gasteiger partial charge in [0, 0.05) is 12.0 Å². The van der Waals surface area contributed by atoms with E-state index in [0.29, 0.717) is 12.2 Å². The Kier molecular flexibility index (Phi) is 3.86. The van der Waals surface area contributed by atoms with Crippen LogP contribution in [0.2, 0.25) is 0 Å². The molecule has 1 atom stereocenters. The number of halogens is 1. The maximum Gasteiger partial charge on any atom is 0.170 e. The largest absolute Gasteiger partial charge is 0.487 e. The lowest BCUT2D eigenvalue weighted by Gasteiger charge is -2.13. The van der Waals surface area contributed by atoms with Crippen LogP contribution in [-0.4, -0.2) is 30.4 Å². The molecule has 0 aliphatic carbocycles. The van der Waals surface area contributed by atoms with Crippen molar-refractivity contribution in [2.75, 3.05) is 13.2 Å². The molecule has 0 radical (unpaired) electrons. The smallest absolute Gasteiger partial charge is 0.170 e. The summed E-state index contributed by atoms with van der Waals surface area (Å²) >= 11 is 3.39. The average Bonchev–Trinajstić information content (AvgIpc) is 2.83. The average molecular weight is 301 g/mol. The van der Waals surface area contributed by atoms with E-state index >= 15 is 0 Å². The van der Waals surface area contributed by atoms with Crippen LogP contribution < -0.4 is 10.5 Å². The highest BCUT2D eigenvalue weighted by molar-refractivity contribution is 9.10. The number of nitrogens with zero attached hydrogens (tertiary/aromatic N) is 1. The Morgan fingerprint density at radius 3 is 3.00 bits per heavy atom. The number of benzene rings is 1. The van der Waals surface area contributed by atoms with Gasteiger partial charge < -0.3 is 20.4 Å². The van der Waals surface area contributed by atoms with Gasteiger partial charge in [0.2, 0.25) is 0 Å². The van der Waals surface area contributed by atoms with Crippen molar-refractivity contribution < 1.29 is 14.7 Å². The Balaban J connectivity index is 2.13. The fourth-order valence-corrected chi connectivity index (χ4v) is 2.07. The molecule has 5 nitrogen and oxygen atoms in total. The molecule has 1 unspecified atom stereocenters. The van der Waals surface area contributed by atoms with Crippen LogP contribution in [0.4, 0.5) is 0 Å². The molecule has 92 valence electrons. The minimum atomic E-state index is 0.0708. The van der Waals surface area contributed by atoms with Gasteiger partial charge in [-0.05, 0) is 34.1 Å². The Labute approximate surface area is 107 Å². The maximum atomic E-state index is 8.58. The first-order valence-corrected chi connectivity index (χ1v) is 6.02. The molecular formula is C11H13BrN2O3. The SMILES string of the molecule is N/C(=N/O)c1ccc(OC2CCOC2)c(Br)c1. The molecule has 0 aromatic heterocycles. The predicted molar refractivity (Wildman–Crippen MR) is 66.5 cm³/mol. The summed E-state index contributed by atoms with van der Waals surface area (Å²) in [7, 11) is 0. The van der Waals surface area contributed by atoms with Gasteiger partial charge in [0.05, 0.1) is 17.7 Å². The molecule has 6 heteroatoms. The van der Waals surface area contributed by atoms with Crippen LogP contribution in [-0.2, 0) is 4.74 Å². The van der Waals surface area contributed by atoms with E-state index in [1.807, 2.05) is 0 Å². The van der Waals surface area contributed by atoms with Crippen LogP contribution in [0.15, 0.2) is 27.8 Å². The molecule has 1 heterocycles. The van der Waals surface area contributed by atoms with E-state index in [1.54, 1.807) is 18.2 Å². The third-order valence-electron chi connectivity index (χ3n) is 2.52. The van der Waals surface area contributed by atoms with Gasteiger partial charge in [-0.1, -0.05) is 5.16 Å².